The van der Waals surface area contributed by atoms with Gasteiger partial charge in [0, 0.05) is 25.0 Å². The summed E-state index contributed by atoms with van der Waals surface area (Å²) >= 11 is 0. The van der Waals surface area contributed by atoms with Crippen molar-refractivity contribution in [2.24, 2.45) is 5.73 Å². The maximum absolute atomic E-state index is 6.16. The Labute approximate surface area is 98.4 Å². The van der Waals surface area contributed by atoms with Gasteiger partial charge in [0.05, 0.1) is 0 Å². The molecule has 0 bridgehead atoms. The first-order chi connectivity index (χ1) is 7.58. The van der Waals surface area contributed by atoms with Crippen molar-refractivity contribution in [2.45, 2.75) is 31.7 Å². The van der Waals surface area contributed by atoms with E-state index in [0.717, 1.165) is 13.1 Å². The zero-order chi connectivity index (χ0) is 11.7. The van der Waals surface area contributed by atoms with Crippen LogP contribution in [0.3, 0.4) is 0 Å². The minimum Gasteiger partial charge on any atom is -0.326 e. The normalized spacial score (nSPS) is 26.6. The molecule has 0 spiro atoms. The van der Waals surface area contributed by atoms with Crippen LogP contribution in [-0.2, 0) is 0 Å². The zero-order valence-electron chi connectivity index (χ0n) is 10.5. The largest absolute Gasteiger partial charge is 0.326 e. The molecule has 0 aliphatic carbocycles. The van der Waals surface area contributed by atoms with Crippen molar-refractivity contribution in [3.05, 3.63) is 35.4 Å². The van der Waals surface area contributed by atoms with Gasteiger partial charge in [0.25, 0.3) is 0 Å². The lowest BCUT2D eigenvalue weighted by molar-refractivity contribution is 0.407. The summed E-state index contributed by atoms with van der Waals surface area (Å²) in [4.78, 5) is 2.31. The molecule has 1 saturated heterocycles. The Balaban J connectivity index is 2.15. The van der Waals surface area contributed by atoms with E-state index >= 15 is 0 Å². The molecule has 16 heavy (non-hydrogen) atoms. The molecule has 0 aromatic heterocycles. The van der Waals surface area contributed by atoms with Gasteiger partial charge < -0.3 is 10.6 Å². The van der Waals surface area contributed by atoms with E-state index < -0.39 is 0 Å². The Morgan fingerprint density at radius 2 is 1.81 bits per heavy atom. The lowest BCUT2D eigenvalue weighted by Gasteiger charge is -2.15. The highest BCUT2D eigenvalue weighted by molar-refractivity contribution is 5.29. The van der Waals surface area contributed by atoms with Crippen molar-refractivity contribution in [1.82, 2.24) is 4.90 Å². The molecule has 1 heterocycles. The molecular formula is C14H22N2. The lowest BCUT2D eigenvalue weighted by Crippen LogP contribution is -2.27. The number of rotatable bonds is 2. The van der Waals surface area contributed by atoms with Crippen LogP contribution in [0.2, 0.25) is 0 Å². The highest BCUT2D eigenvalue weighted by Gasteiger charge is 2.28. The van der Waals surface area contributed by atoms with Crippen LogP contribution in [0.1, 0.15) is 36.8 Å². The van der Waals surface area contributed by atoms with Crippen LogP contribution in [0, 0.1) is 0 Å². The van der Waals surface area contributed by atoms with Gasteiger partial charge in [0.2, 0.25) is 0 Å². The van der Waals surface area contributed by atoms with Crippen LogP contribution in [0.15, 0.2) is 24.3 Å². The van der Waals surface area contributed by atoms with Gasteiger partial charge in [0.15, 0.2) is 0 Å². The Morgan fingerprint density at radius 3 is 2.25 bits per heavy atom. The molecule has 1 aliphatic heterocycles. The molecule has 1 aromatic carbocycles. The first-order valence-corrected chi connectivity index (χ1v) is 6.12. The van der Waals surface area contributed by atoms with Crippen molar-refractivity contribution in [2.75, 3.05) is 20.1 Å². The third kappa shape index (κ3) is 2.28. The molecule has 2 nitrogen and oxygen atoms in total. The summed E-state index contributed by atoms with van der Waals surface area (Å²) in [5.74, 6) is 1.11. The second-order valence-electron chi connectivity index (χ2n) is 5.31. The number of hydrogen-bond donors (Lipinski definition) is 1. The molecule has 2 heteroatoms. The number of nitrogens with zero attached hydrogens (tertiary/aromatic N) is 1. The molecule has 0 radical (unpaired) electrons. The van der Waals surface area contributed by atoms with Gasteiger partial charge >= 0.3 is 0 Å². The van der Waals surface area contributed by atoms with E-state index in [1.165, 1.54) is 11.1 Å². The van der Waals surface area contributed by atoms with Crippen LogP contribution >= 0.6 is 0 Å². The average molecular weight is 218 g/mol. The van der Waals surface area contributed by atoms with Crippen LogP contribution in [0.5, 0.6) is 0 Å². The second kappa shape index (κ2) is 4.56. The van der Waals surface area contributed by atoms with E-state index in [2.05, 4.69) is 50.1 Å². The van der Waals surface area contributed by atoms with E-state index in [9.17, 15) is 0 Å². The first-order valence-electron chi connectivity index (χ1n) is 6.12. The fraction of sp³-hybridized carbons (Fsp3) is 0.571. The molecule has 2 N–H and O–H groups in total. The van der Waals surface area contributed by atoms with Crippen molar-refractivity contribution in [3.8, 4) is 0 Å². The predicted molar refractivity (Wildman–Crippen MR) is 68.7 cm³/mol. The SMILES string of the molecule is CC(C)c1ccc([C@H]2CN(C)C[C@@H]2N)cc1. The van der Waals surface area contributed by atoms with E-state index in [1.54, 1.807) is 0 Å². The quantitative estimate of drug-likeness (QED) is 0.824. The molecule has 88 valence electrons. The minimum atomic E-state index is 0.287. The van der Waals surface area contributed by atoms with Crippen molar-refractivity contribution >= 4 is 0 Å². The Hall–Kier alpha value is -0.860. The monoisotopic (exact) mass is 218 g/mol. The maximum atomic E-state index is 6.16. The summed E-state index contributed by atoms with van der Waals surface area (Å²) in [5.41, 5.74) is 8.95. The van der Waals surface area contributed by atoms with Crippen molar-refractivity contribution < 1.29 is 0 Å². The van der Waals surface area contributed by atoms with E-state index in [0.29, 0.717) is 11.8 Å². The van der Waals surface area contributed by atoms with Gasteiger partial charge in [-0.15, -0.1) is 0 Å². The van der Waals surface area contributed by atoms with E-state index in [-0.39, 0.29) is 6.04 Å². The van der Waals surface area contributed by atoms with Gasteiger partial charge in [-0.25, -0.2) is 0 Å². The van der Waals surface area contributed by atoms with Crippen LogP contribution < -0.4 is 5.73 Å². The molecule has 1 aromatic rings. The molecular weight excluding hydrogens is 196 g/mol. The zero-order valence-corrected chi connectivity index (χ0v) is 10.5. The predicted octanol–water partition coefficient (Wildman–Crippen LogP) is 2.17. The van der Waals surface area contributed by atoms with Gasteiger partial charge in [-0.1, -0.05) is 38.1 Å². The number of likely N-dealkylation sites (N-methyl/N-ethyl adjacent to an activating group) is 1. The molecule has 2 rings (SSSR count). The number of benzene rings is 1. The fourth-order valence-electron chi connectivity index (χ4n) is 2.51. The summed E-state index contributed by atoms with van der Waals surface area (Å²) in [7, 11) is 2.14. The number of hydrogen-bond acceptors (Lipinski definition) is 2. The topological polar surface area (TPSA) is 29.3 Å². The number of nitrogens with two attached hydrogens (primary N) is 1. The Morgan fingerprint density at radius 1 is 1.19 bits per heavy atom. The van der Waals surface area contributed by atoms with Crippen molar-refractivity contribution in [1.29, 1.82) is 0 Å². The smallest absolute Gasteiger partial charge is 0.0249 e. The highest BCUT2D eigenvalue weighted by atomic mass is 15.1. The molecule has 0 unspecified atom stereocenters. The van der Waals surface area contributed by atoms with Crippen LogP contribution in [-0.4, -0.2) is 31.1 Å². The lowest BCUT2D eigenvalue weighted by atomic mass is 9.92. The summed E-state index contributed by atoms with van der Waals surface area (Å²) in [6.07, 6.45) is 0. The van der Waals surface area contributed by atoms with Crippen LogP contribution in [0.4, 0.5) is 0 Å². The summed E-state index contributed by atoms with van der Waals surface area (Å²) in [6, 6.07) is 9.27. The van der Waals surface area contributed by atoms with Crippen LogP contribution in [0.25, 0.3) is 0 Å². The Kier molecular flexibility index (Phi) is 3.31. The third-order valence-corrected chi connectivity index (χ3v) is 3.58. The van der Waals surface area contributed by atoms with E-state index in [4.69, 9.17) is 5.73 Å². The third-order valence-electron chi connectivity index (χ3n) is 3.58. The van der Waals surface area contributed by atoms with Gasteiger partial charge in [-0.05, 0) is 24.1 Å². The first kappa shape index (κ1) is 11.6. The fourth-order valence-corrected chi connectivity index (χ4v) is 2.51. The van der Waals surface area contributed by atoms with Gasteiger partial charge in [0.1, 0.15) is 0 Å². The van der Waals surface area contributed by atoms with Gasteiger partial charge in [-0.2, -0.15) is 0 Å². The average Bonchev–Trinajstić information content (AvgIpc) is 2.58. The molecule has 1 fully saturated rings. The minimum absolute atomic E-state index is 0.287. The Bertz CT molecular complexity index is 342. The second-order valence-corrected chi connectivity index (χ2v) is 5.31. The summed E-state index contributed by atoms with van der Waals surface area (Å²) < 4.78 is 0. The molecule has 0 amide bonds. The standard InChI is InChI=1S/C14H22N2/c1-10(2)11-4-6-12(7-5-11)13-8-16(3)9-14(13)15/h4-7,10,13-14H,8-9,15H2,1-3H3/t13-,14+/m1/s1. The molecule has 2 atom stereocenters. The van der Waals surface area contributed by atoms with Crippen molar-refractivity contribution in [3.63, 3.8) is 0 Å². The number of likely N-dealkylation sites (tertiary alicyclic amines) is 1. The maximum Gasteiger partial charge on any atom is 0.0249 e. The molecule has 1 aliphatic rings. The summed E-state index contributed by atoms with van der Waals surface area (Å²) in [6.45, 7) is 6.55. The summed E-state index contributed by atoms with van der Waals surface area (Å²) in [5, 5.41) is 0. The van der Waals surface area contributed by atoms with Gasteiger partial charge in [-0.3, -0.25) is 0 Å². The van der Waals surface area contributed by atoms with E-state index in [1.807, 2.05) is 0 Å². The highest BCUT2D eigenvalue weighted by Crippen LogP contribution is 2.26. The molecule has 0 saturated carbocycles.